The van der Waals surface area contributed by atoms with Crippen LogP contribution in [-0.2, 0) is 16.6 Å². The molecule has 0 amide bonds. The second-order valence-corrected chi connectivity index (χ2v) is 8.51. The summed E-state index contributed by atoms with van der Waals surface area (Å²) in [6.45, 7) is 8.66. The van der Waals surface area contributed by atoms with Gasteiger partial charge in [0.2, 0.25) is 10.0 Å². The fraction of sp³-hybridized carbons (Fsp3) is 0.632. The van der Waals surface area contributed by atoms with Gasteiger partial charge in [-0.2, -0.15) is 0 Å². The molecule has 1 fully saturated rings. The van der Waals surface area contributed by atoms with Gasteiger partial charge in [-0.15, -0.1) is 0 Å². The van der Waals surface area contributed by atoms with Crippen LogP contribution in [0.15, 0.2) is 34.2 Å². The number of rotatable bonds is 10. The number of nitrogens with zero attached hydrogens (tertiary/aromatic N) is 1. The van der Waals surface area contributed by atoms with E-state index < -0.39 is 10.0 Å². The molecule has 2 rings (SSSR count). The highest BCUT2D eigenvalue weighted by Gasteiger charge is 2.27. The first-order valence-electron chi connectivity index (χ1n) is 9.61. The Bertz CT molecular complexity index is 678. The zero-order valence-corrected chi connectivity index (χ0v) is 16.9. The minimum absolute atomic E-state index is 0.119. The summed E-state index contributed by atoms with van der Waals surface area (Å²) in [5.41, 5.74) is 0.982. The smallest absolute Gasteiger partial charge is 0.240 e. The molecule has 0 aliphatic heterocycles. The van der Waals surface area contributed by atoms with Crippen LogP contribution in [0.5, 0.6) is 0 Å². The summed E-state index contributed by atoms with van der Waals surface area (Å²) >= 11 is 0. The molecule has 3 N–H and O–H groups in total. The van der Waals surface area contributed by atoms with E-state index in [4.69, 9.17) is 0 Å². The number of aliphatic imine (C=N–C) groups is 1. The SMILES string of the molecule is CCNC(=NCc1ccc(S(=O)(=O)NC2CC2)cc1)NCC(CC)CC. The fourth-order valence-corrected chi connectivity index (χ4v) is 3.90. The van der Waals surface area contributed by atoms with Crippen LogP contribution in [0.2, 0.25) is 0 Å². The summed E-state index contributed by atoms with van der Waals surface area (Å²) in [5.74, 6) is 1.44. The third-order valence-electron chi connectivity index (χ3n) is 4.61. The first-order valence-corrected chi connectivity index (χ1v) is 11.1. The molecule has 0 heterocycles. The van der Waals surface area contributed by atoms with Crippen molar-refractivity contribution < 1.29 is 8.42 Å². The highest BCUT2D eigenvalue weighted by atomic mass is 32.2. The molecule has 1 saturated carbocycles. The van der Waals surface area contributed by atoms with Crippen molar-refractivity contribution in [1.29, 1.82) is 0 Å². The van der Waals surface area contributed by atoms with Gasteiger partial charge in [-0.1, -0.05) is 38.8 Å². The molecule has 0 bridgehead atoms. The largest absolute Gasteiger partial charge is 0.357 e. The second kappa shape index (κ2) is 9.92. The van der Waals surface area contributed by atoms with E-state index in [2.05, 4.69) is 34.2 Å². The van der Waals surface area contributed by atoms with Crippen molar-refractivity contribution in [3.63, 3.8) is 0 Å². The zero-order valence-electron chi connectivity index (χ0n) is 16.1. The topological polar surface area (TPSA) is 82.6 Å². The van der Waals surface area contributed by atoms with Gasteiger partial charge in [-0.25, -0.2) is 18.1 Å². The van der Waals surface area contributed by atoms with Gasteiger partial charge >= 0.3 is 0 Å². The summed E-state index contributed by atoms with van der Waals surface area (Å²) in [5, 5.41) is 6.64. The monoisotopic (exact) mass is 380 g/mol. The van der Waals surface area contributed by atoms with E-state index in [1.165, 1.54) is 0 Å². The number of hydrogen-bond acceptors (Lipinski definition) is 3. The number of hydrogen-bond donors (Lipinski definition) is 3. The van der Waals surface area contributed by atoms with E-state index in [1.807, 2.05) is 19.1 Å². The van der Waals surface area contributed by atoms with Gasteiger partial charge in [-0.3, -0.25) is 0 Å². The Kier molecular flexibility index (Phi) is 7.90. The van der Waals surface area contributed by atoms with Gasteiger partial charge in [0.25, 0.3) is 0 Å². The van der Waals surface area contributed by atoms with Gasteiger partial charge in [-0.05, 0) is 43.4 Å². The molecular weight excluding hydrogens is 348 g/mol. The van der Waals surface area contributed by atoms with Crippen LogP contribution in [0.4, 0.5) is 0 Å². The summed E-state index contributed by atoms with van der Waals surface area (Å²) in [6, 6.07) is 7.08. The van der Waals surface area contributed by atoms with E-state index in [0.29, 0.717) is 17.4 Å². The van der Waals surface area contributed by atoms with E-state index in [9.17, 15) is 8.42 Å². The Balaban J connectivity index is 1.95. The predicted molar refractivity (Wildman–Crippen MR) is 107 cm³/mol. The van der Waals surface area contributed by atoms with Crippen LogP contribution >= 0.6 is 0 Å². The molecule has 26 heavy (non-hydrogen) atoms. The van der Waals surface area contributed by atoms with E-state index >= 15 is 0 Å². The molecule has 1 aromatic rings. The molecule has 0 unspecified atom stereocenters. The quantitative estimate of drug-likeness (QED) is 0.430. The molecule has 0 radical (unpaired) electrons. The Hall–Kier alpha value is -1.60. The van der Waals surface area contributed by atoms with Gasteiger partial charge in [0.1, 0.15) is 0 Å². The Labute approximate surface area is 157 Å². The lowest BCUT2D eigenvalue weighted by atomic mass is 10.0. The normalized spacial score (nSPS) is 15.3. The minimum atomic E-state index is -3.39. The van der Waals surface area contributed by atoms with Crippen molar-refractivity contribution in [2.75, 3.05) is 13.1 Å². The maximum Gasteiger partial charge on any atom is 0.240 e. The number of sulfonamides is 1. The summed E-state index contributed by atoms with van der Waals surface area (Å²) in [6.07, 6.45) is 4.16. The summed E-state index contributed by atoms with van der Waals surface area (Å²) < 4.78 is 27.1. The standard InChI is InChI=1S/C19H32N4O2S/c1-4-15(5-2)13-21-19(20-6-3)22-14-16-7-11-18(12-8-16)26(24,25)23-17-9-10-17/h7-8,11-12,15,17,23H,4-6,9-10,13-14H2,1-3H3,(H2,20,21,22). The van der Waals surface area contributed by atoms with Crippen LogP contribution in [0.25, 0.3) is 0 Å². The average Bonchev–Trinajstić information content (AvgIpc) is 3.44. The van der Waals surface area contributed by atoms with Crippen molar-refractivity contribution in [1.82, 2.24) is 15.4 Å². The molecule has 6 nitrogen and oxygen atoms in total. The van der Waals surface area contributed by atoms with Crippen molar-refractivity contribution in [3.05, 3.63) is 29.8 Å². The molecule has 7 heteroatoms. The van der Waals surface area contributed by atoms with Crippen LogP contribution in [-0.4, -0.2) is 33.5 Å². The average molecular weight is 381 g/mol. The van der Waals surface area contributed by atoms with E-state index in [1.54, 1.807) is 12.1 Å². The Morgan fingerprint density at radius 1 is 1.12 bits per heavy atom. The molecule has 0 atom stereocenters. The first kappa shape index (κ1) is 20.7. The van der Waals surface area contributed by atoms with Crippen molar-refractivity contribution >= 4 is 16.0 Å². The lowest BCUT2D eigenvalue weighted by Crippen LogP contribution is -2.39. The molecule has 0 saturated heterocycles. The lowest BCUT2D eigenvalue weighted by molar-refractivity contribution is 0.481. The van der Waals surface area contributed by atoms with Crippen LogP contribution in [0, 0.1) is 5.92 Å². The molecular formula is C19H32N4O2S. The number of nitrogens with one attached hydrogen (secondary N) is 3. The van der Waals surface area contributed by atoms with Gasteiger partial charge in [0, 0.05) is 19.1 Å². The maximum atomic E-state index is 12.2. The number of guanidine groups is 1. The molecule has 0 spiro atoms. The summed E-state index contributed by atoms with van der Waals surface area (Å²) in [7, 11) is -3.39. The molecule has 146 valence electrons. The van der Waals surface area contributed by atoms with Crippen molar-refractivity contribution in [3.8, 4) is 0 Å². The van der Waals surface area contributed by atoms with Gasteiger partial charge in [0.05, 0.1) is 11.4 Å². The first-order chi connectivity index (χ1) is 12.5. The van der Waals surface area contributed by atoms with Crippen LogP contribution < -0.4 is 15.4 Å². The predicted octanol–water partition coefficient (Wildman–Crippen LogP) is 2.62. The van der Waals surface area contributed by atoms with Gasteiger partial charge in [0.15, 0.2) is 5.96 Å². The summed E-state index contributed by atoms with van der Waals surface area (Å²) in [4.78, 5) is 4.92. The lowest BCUT2D eigenvalue weighted by Gasteiger charge is -2.16. The van der Waals surface area contributed by atoms with Crippen LogP contribution in [0.1, 0.15) is 52.0 Å². The molecule has 1 aromatic carbocycles. The Morgan fingerprint density at radius 3 is 2.31 bits per heavy atom. The second-order valence-electron chi connectivity index (χ2n) is 6.80. The van der Waals surface area contributed by atoms with Crippen molar-refractivity contribution in [2.45, 2.75) is 63.9 Å². The molecule has 1 aliphatic carbocycles. The van der Waals surface area contributed by atoms with E-state index in [-0.39, 0.29) is 6.04 Å². The van der Waals surface area contributed by atoms with E-state index in [0.717, 1.165) is 50.3 Å². The molecule has 0 aromatic heterocycles. The minimum Gasteiger partial charge on any atom is -0.357 e. The highest BCUT2D eigenvalue weighted by molar-refractivity contribution is 7.89. The fourth-order valence-electron chi connectivity index (χ4n) is 2.59. The van der Waals surface area contributed by atoms with Crippen molar-refractivity contribution in [2.24, 2.45) is 10.9 Å². The Morgan fingerprint density at radius 2 is 1.77 bits per heavy atom. The third kappa shape index (κ3) is 6.61. The third-order valence-corrected chi connectivity index (χ3v) is 6.15. The maximum absolute atomic E-state index is 12.2. The molecule has 1 aliphatic rings. The highest BCUT2D eigenvalue weighted by Crippen LogP contribution is 2.22. The number of benzene rings is 1. The van der Waals surface area contributed by atoms with Gasteiger partial charge < -0.3 is 10.6 Å². The van der Waals surface area contributed by atoms with Crippen LogP contribution in [0.3, 0.4) is 0 Å². The zero-order chi connectivity index (χ0) is 19.0.